The lowest BCUT2D eigenvalue weighted by Gasteiger charge is -2.07. The van der Waals surface area contributed by atoms with Crippen LogP contribution >= 0.6 is 0 Å². The Balaban J connectivity index is 2.01. The molecule has 0 aliphatic carbocycles. The van der Waals surface area contributed by atoms with Gasteiger partial charge in [-0.3, -0.25) is 0 Å². The smallest absolute Gasteiger partial charge is 0.0113 e. The fourth-order valence-corrected chi connectivity index (χ4v) is 1.67. The Labute approximate surface area is 81.6 Å². The molecule has 0 amide bonds. The van der Waals surface area contributed by atoms with Crippen LogP contribution in [0.2, 0.25) is 0 Å². The minimum absolute atomic E-state index is 1.08. The van der Waals surface area contributed by atoms with Gasteiger partial charge in [0.15, 0.2) is 0 Å². The van der Waals surface area contributed by atoms with E-state index < -0.39 is 0 Å². The van der Waals surface area contributed by atoms with Gasteiger partial charge in [-0.15, -0.1) is 0 Å². The van der Waals surface area contributed by atoms with Gasteiger partial charge in [0.1, 0.15) is 0 Å². The predicted octanol–water partition coefficient (Wildman–Crippen LogP) is 1.72. The van der Waals surface area contributed by atoms with Crippen molar-refractivity contribution < 1.29 is 0 Å². The van der Waals surface area contributed by atoms with Crippen LogP contribution in [0.5, 0.6) is 0 Å². The summed E-state index contributed by atoms with van der Waals surface area (Å²) in [5.74, 6) is 0. The van der Waals surface area contributed by atoms with Crippen LogP contribution in [-0.2, 0) is 0 Å². The molecule has 1 rings (SSSR count). The van der Waals surface area contributed by atoms with Gasteiger partial charge in [0.05, 0.1) is 0 Å². The Hall–Kier alpha value is -0.120. The molecule has 13 heavy (non-hydrogen) atoms. The van der Waals surface area contributed by atoms with Gasteiger partial charge < -0.3 is 0 Å². The van der Waals surface area contributed by atoms with Crippen LogP contribution in [0.1, 0.15) is 51.4 Å². The molecule has 0 aromatic rings. The summed E-state index contributed by atoms with van der Waals surface area (Å²) in [6.07, 6.45) is 11.0. The highest BCUT2D eigenvalue weighted by Crippen LogP contribution is 2.07. The molecule has 1 aliphatic heterocycles. The Morgan fingerprint density at radius 3 is 1.31 bits per heavy atom. The van der Waals surface area contributed by atoms with E-state index in [9.17, 15) is 0 Å². The maximum absolute atomic E-state index is 3.16. The van der Waals surface area contributed by atoms with Crippen LogP contribution in [0, 0.1) is 0 Å². The molecule has 0 spiro atoms. The van der Waals surface area contributed by atoms with Gasteiger partial charge in [0.2, 0.25) is 0 Å². The third-order valence-corrected chi connectivity index (χ3v) is 2.53. The van der Waals surface area contributed by atoms with E-state index in [0.29, 0.717) is 0 Å². The largest absolute Gasteiger partial charge is 0.244 e. The lowest BCUT2D eigenvalue weighted by molar-refractivity contribution is 0.420. The lowest BCUT2D eigenvalue weighted by atomic mass is 10.1. The Kier molecular flexibility index (Phi) is 7.15. The summed E-state index contributed by atoms with van der Waals surface area (Å²) < 4.78 is 0. The van der Waals surface area contributed by atoms with Gasteiger partial charge in [-0.2, -0.15) is 5.53 Å². The first-order valence-electron chi connectivity index (χ1n) is 5.71. The second-order valence-electron chi connectivity index (χ2n) is 3.81. The summed E-state index contributed by atoms with van der Waals surface area (Å²) in [5.41, 5.74) is 9.35. The number of rotatable bonds is 0. The molecule has 0 aromatic carbocycles. The normalized spacial score (nSPS) is 24.0. The van der Waals surface area contributed by atoms with E-state index in [0.717, 1.165) is 13.1 Å². The zero-order valence-corrected chi connectivity index (χ0v) is 8.57. The van der Waals surface area contributed by atoms with Gasteiger partial charge in [-0.25, -0.2) is 10.9 Å². The highest BCUT2D eigenvalue weighted by atomic mass is 15.6. The zero-order valence-electron chi connectivity index (χ0n) is 8.57. The van der Waals surface area contributed by atoms with Crippen molar-refractivity contribution in [3.05, 3.63) is 0 Å². The minimum atomic E-state index is 1.08. The molecule has 0 atom stereocenters. The predicted molar refractivity (Wildman–Crippen MR) is 56.1 cm³/mol. The fraction of sp³-hybridized carbons (Fsp3) is 1.00. The van der Waals surface area contributed by atoms with E-state index in [1.165, 1.54) is 51.4 Å². The highest BCUT2D eigenvalue weighted by Gasteiger charge is 1.94. The molecule has 0 unspecified atom stereocenters. The maximum Gasteiger partial charge on any atom is 0.0113 e. The first kappa shape index (κ1) is 11.0. The molecule has 3 nitrogen and oxygen atoms in total. The molecule has 0 aromatic heterocycles. The average Bonchev–Trinajstić information content (AvgIpc) is 2.18. The summed E-state index contributed by atoms with van der Waals surface area (Å²) in [6, 6.07) is 0. The number of hydrazine groups is 2. The molecule has 1 fully saturated rings. The topological polar surface area (TPSA) is 36.1 Å². The quantitative estimate of drug-likeness (QED) is 0.538. The summed E-state index contributed by atoms with van der Waals surface area (Å²) >= 11 is 0. The Morgan fingerprint density at radius 1 is 0.462 bits per heavy atom. The van der Waals surface area contributed by atoms with Crippen molar-refractivity contribution in [3.63, 3.8) is 0 Å². The third kappa shape index (κ3) is 6.99. The van der Waals surface area contributed by atoms with Crippen molar-refractivity contribution in [1.29, 1.82) is 0 Å². The molecule has 3 heteroatoms. The average molecular weight is 185 g/mol. The van der Waals surface area contributed by atoms with Crippen molar-refractivity contribution in [1.82, 2.24) is 16.4 Å². The standard InChI is InChI=1S/C10H23N3/c1-2-4-6-8-10-12-13-11-9-7-5-3-1/h11-13H,1-10H2. The van der Waals surface area contributed by atoms with E-state index in [2.05, 4.69) is 16.4 Å². The Morgan fingerprint density at radius 2 is 0.846 bits per heavy atom. The number of nitrogens with one attached hydrogen (secondary N) is 3. The highest BCUT2D eigenvalue weighted by molar-refractivity contribution is 4.50. The van der Waals surface area contributed by atoms with E-state index in [4.69, 9.17) is 0 Å². The number of hydrogen-bond donors (Lipinski definition) is 3. The lowest BCUT2D eigenvalue weighted by Crippen LogP contribution is -2.44. The summed E-state index contributed by atoms with van der Waals surface area (Å²) in [7, 11) is 0. The van der Waals surface area contributed by atoms with E-state index in [1.807, 2.05) is 0 Å². The zero-order chi connectivity index (χ0) is 9.19. The summed E-state index contributed by atoms with van der Waals surface area (Å²) in [5, 5.41) is 0. The third-order valence-electron chi connectivity index (χ3n) is 2.53. The van der Waals surface area contributed by atoms with E-state index in [-0.39, 0.29) is 0 Å². The van der Waals surface area contributed by atoms with Gasteiger partial charge in [0.25, 0.3) is 0 Å². The number of hydrogen-bond acceptors (Lipinski definition) is 3. The van der Waals surface area contributed by atoms with Crippen molar-refractivity contribution in [2.24, 2.45) is 0 Å². The molecular weight excluding hydrogens is 162 g/mol. The molecule has 1 saturated heterocycles. The molecular formula is C10H23N3. The van der Waals surface area contributed by atoms with Crippen LogP contribution in [0.15, 0.2) is 0 Å². The summed E-state index contributed by atoms with van der Waals surface area (Å²) in [4.78, 5) is 0. The van der Waals surface area contributed by atoms with Gasteiger partial charge in [0, 0.05) is 13.1 Å². The molecule has 0 radical (unpaired) electrons. The second kappa shape index (κ2) is 8.48. The molecule has 0 saturated carbocycles. The monoisotopic (exact) mass is 185 g/mol. The first-order chi connectivity index (χ1) is 6.50. The van der Waals surface area contributed by atoms with E-state index in [1.54, 1.807) is 0 Å². The van der Waals surface area contributed by atoms with Crippen molar-refractivity contribution in [3.8, 4) is 0 Å². The van der Waals surface area contributed by atoms with Crippen molar-refractivity contribution >= 4 is 0 Å². The van der Waals surface area contributed by atoms with Crippen LogP contribution in [0.25, 0.3) is 0 Å². The molecule has 1 aliphatic rings. The minimum Gasteiger partial charge on any atom is -0.244 e. The summed E-state index contributed by atoms with van der Waals surface area (Å²) in [6.45, 7) is 2.15. The fourth-order valence-electron chi connectivity index (χ4n) is 1.67. The van der Waals surface area contributed by atoms with Crippen LogP contribution in [0.3, 0.4) is 0 Å². The van der Waals surface area contributed by atoms with Crippen molar-refractivity contribution in [2.45, 2.75) is 51.4 Å². The van der Waals surface area contributed by atoms with Gasteiger partial charge in [-0.05, 0) is 12.8 Å². The molecule has 78 valence electrons. The molecule has 1 heterocycles. The van der Waals surface area contributed by atoms with E-state index >= 15 is 0 Å². The second-order valence-corrected chi connectivity index (χ2v) is 3.81. The van der Waals surface area contributed by atoms with Gasteiger partial charge in [-0.1, -0.05) is 38.5 Å². The van der Waals surface area contributed by atoms with Crippen LogP contribution < -0.4 is 16.4 Å². The van der Waals surface area contributed by atoms with Crippen molar-refractivity contribution in [2.75, 3.05) is 13.1 Å². The maximum atomic E-state index is 3.16. The SMILES string of the molecule is C1CCCCCNNNCCCC1. The van der Waals surface area contributed by atoms with Crippen LogP contribution in [0.4, 0.5) is 0 Å². The first-order valence-corrected chi connectivity index (χ1v) is 5.71. The van der Waals surface area contributed by atoms with Gasteiger partial charge >= 0.3 is 0 Å². The molecule has 0 bridgehead atoms. The van der Waals surface area contributed by atoms with Crippen LogP contribution in [-0.4, -0.2) is 13.1 Å². The molecule has 3 N–H and O–H groups in total. The Bertz CT molecular complexity index is 58.2.